The van der Waals surface area contributed by atoms with Crippen LogP contribution in [0.25, 0.3) is 0 Å². The van der Waals surface area contributed by atoms with Crippen LogP contribution >= 0.6 is 0 Å². The van der Waals surface area contributed by atoms with Gasteiger partial charge in [0, 0.05) is 12.5 Å². The van der Waals surface area contributed by atoms with E-state index in [-0.39, 0.29) is 19.2 Å². The van der Waals surface area contributed by atoms with E-state index in [1.807, 2.05) is 6.92 Å². The van der Waals surface area contributed by atoms with Gasteiger partial charge < -0.3 is 9.47 Å². The quantitative estimate of drug-likeness (QED) is 0.370. The highest BCUT2D eigenvalue weighted by Gasteiger charge is 1.99. The predicted molar refractivity (Wildman–Crippen MR) is 51.6 cm³/mol. The minimum atomic E-state index is -0.403. The zero-order valence-electron chi connectivity index (χ0n) is 8.62. The largest absolute Gasteiger partial charge is 0.462 e. The fourth-order valence-corrected chi connectivity index (χ4v) is 0.662. The molecule has 0 atom stereocenters. The molecule has 0 fully saturated rings. The van der Waals surface area contributed by atoms with Crippen molar-refractivity contribution in [2.75, 3.05) is 13.2 Å². The fraction of sp³-hybridized carbons (Fsp3) is 0.600. The van der Waals surface area contributed by atoms with Crippen molar-refractivity contribution in [2.24, 2.45) is 0 Å². The Kier molecular flexibility index (Phi) is 7.50. The molecule has 0 rings (SSSR count). The third-order valence-corrected chi connectivity index (χ3v) is 1.37. The molecule has 0 N–H and O–H groups in total. The van der Waals surface area contributed by atoms with E-state index in [2.05, 4.69) is 0 Å². The van der Waals surface area contributed by atoms with Crippen LogP contribution in [-0.2, 0) is 19.1 Å². The number of hydrogen-bond donors (Lipinski definition) is 0. The predicted octanol–water partition coefficient (Wildman–Crippen LogP) is 1.45. The molecule has 0 spiro atoms. The Bertz CT molecular complexity index is 208. The Morgan fingerprint density at radius 1 is 1.14 bits per heavy atom. The topological polar surface area (TPSA) is 52.6 Å². The molecule has 0 aliphatic carbocycles. The van der Waals surface area contributed by atoms with Gasteiger partial charge in [-0.15, -0.1) is 0 Å². The Hall–Kier alpha value is -1.32. The molecular formula is C10H16O4. The van der Waals surface area contributed by atoms with Gasteiger partial charge in [-0.25, -0.2) is 4.79 Å². The number of rotatable bonds is 6. The van der Waals surface area contributed by atoms with Gasteiger partial charge in [-0.05, 0) is 6.42 Å². The van der Waals surface area contributed by atoms with E-state index in [1.165, 1.54) is 6.08 Å². The van der Waals surface area contributed by atoms with Gasteiger partial charge in [-0.1, -0.05) is 19.9 Å². The zero-order valence-corrected chi connectivity index (χ0v) is 8.62. The first-order valence-electron chi connectivity index (χ1n) is 4.69. The lowest BCUT2D eigenvalue weighted by Gasteiger charge is -2.02. The standard InChI is InChI=1S/C10H16O4/c1-3-5-6-10(12)14-8-7-13-9(11)4-2/h5-6H,3-4,7-8H2,1-2H3. The summed E-state index contributed by atoms with van der Waals surface area (Å²) in [6, 6.07) is 0. The molecule has 4 heteroatoms. The van der Waals surface area contributed by atoms with Crippen LogP contribution in [0.4, 0.5) is 0 Å². The molecule has 0 saturated heterocycles. The molecule has 80 valence electrons. The van der Waals surface area contributed by atoms with Gasteiger partial charge in [-0.3, -0.25) is 4.79 Å². The highest BCUT2D eigenvalue weighted by molar-refractivity contribution is 5.81. The second kappa shape index (κ2) is 8.29. The van der Waals surface area contributed by atoms with E-state index in [0.717, 1.165) is 6.42 Å². The zero-order chi connectivity index (χ0) is 10.8. The molecule has 0 unspecified atom stereocenters. The smallest absolute Gasteiger partial charge is 0.330 e. The van der Waals surface area contributed by atoms with E-state index >= 15 is 0 Å². The van der Waals surface area contributed by atoms with Crippen molar-refractivity contribution in [2.45, 2.75) is 26.7 Å². The van der Waals surface area contributed by atoms with Gasteiger partial charge >= 0.3 is 11.9 Å². The van der Waals surface area contributed by atoms with E-state index in [1.54, 1.807) is 13.0 Å². The minimum absolute atomic E-state index is 0.110. The molecule has 0 aromatic heterocycles. The van der Waals surface area contributed by atoms with Gasteiger partial charge in [-0.2, -0.15) is 0 Å². The highest BCUT2D eigenvalue weighted by Crippen LogP contribution is 1.87. The molecule has 4 nitrogen and oxygen atoms in total. The number of esters is 2. The molecule has 0 radical (unpaired) electrons. The van der Waals surface area contributed by atoms with Crippen molar-refractivity contribution < 1.29 is 19.1 Å². The van der Waals surface area contributed by atoms with Crippen molar-refractivity contribution in [3.05, 3.63) is 12.2 Å². The molecule has 14 heavy (non-hydrogen) atoms. The number of carbonyl (C=O) groups is 2. The number of hydrogen-bond acceptors (Lipinski definition) is 4. The van der Waals surface area contributed by atoms with Crippen LogP contribution in [0.5, 0.6) is 0 Å². The second-order valence-corrected chi connectivity index (χ2v) is 2.55. The first-order valence-corrected chi connectivity index (χ1v) is 4.69. The maximum atomic E-state index is 10.9. The third kappa shape index (κ3) is 7.34. The van der Waals surface area contributed by atoms with Crippen LogP contribution in [0.15, 0.2) is 12.2 Å². The molecular weight excluding hydrogens is 184 g/mol. The normalized spacial score (nSPS) is 10.1. The van der Waals surface area contributed by atoms with Crippen LogP contribution in [-0.4, -0.2) is 25.2 Å². The second-order valence-electron chi connectivity index (χ2n) is 2.55. The van der Waals surface area contributed by atoms with E-state index in [4.69, 9.17) is 9.47 Å². The molecule has 0 aliphatic heterocycles. The highest BCUT2D eigenvalue weighted by atomic mass is 16.6. The maximum Gasteiger partial charge on any atom is 0.330 e. The molecule has 0 bridgehead atoms. The minimum Gasteiger partial charge on any atom is -0.462 e. The number of allylic oxidation sites excluding steroid dienone is 1. The summed E-state index contributed by atoms with van der Waals surface area (Å²) in [6.45, 7) is 3.86. The van der Waals surface area contributed by atoms with Crippen molar-refractivity contribution in [3.8, 4) is 0 Å². The third-order valence-electron chi connectivity index (χ3n) is 1.37. The lowest BCUT2D eigenvalue weighted by Crippen LogP contribution is -2.11. The number of carbonyl (C=O) groups excluding carboxylic acids is 2. The summed E-state index contributed by atoms with van der Waals surface area (Å²) in [6.07, 6.45) is 4.20. The van der Waals surface area contributed by atoms with Gasteiger partial charge in [0.25, 0.3) is 0 Å². The Labute approximate surface area is 83.9 Å². The fourth-order valence-electron chi connectivity index (χ4n) is 0.662. The summed E-state index contributed by atoms with van der Waals surface area (Å²) in [5.41, 5.74) is 0. The van der Waals surface area contributed by atoms with Gasteiger partial charge in [0.05, 0.1) is 0 Å². The van der Waals surface area contributed by atoms with Gasteiger partial charge in [0.15, 0.2) is 0 Å². The lowest BCUT2D eigenvalue weighted by molar-refractivity contribution is -0.149. The summed E-state index contributed by atoms with van der Waals surface area (Å²) in [4.78, 5) is 21.5. The summed E-state index contributed by atoms with van der Waals surface area (Å²) < 4.78 is 9.44. The molecule has 0 heterocycles. The molecule has 0 aromatic carbocycles. The van der Waals surface area contributed by atoms with E-state index in [9.17, 15) is 9.59 Å². The molecule has 0 aromatic rings. The molecule has 0 saturated carbocycles. The van der Waals surface area contributed by atoms with Crippen molar-refractivity contribution >= 4 is 11.9 Å². The average Bonchev–Trinajstić information content (AvgIpc) is 2.21. The Morgan fingerprint density at radius 3 is 2.36 bits per heavy atom. The van der Waals surface area contributed by atoms with Crippen LogP contribution in [0.2, 0.25) is 0 Å². The van der Waals surface area contributed by atoms with E-state index < -0.39 is 5.97 Å². The van der Waals surface area contributed by atoms with Crippen molar-refractivity contribution in [3.63, 3.8) is 0 Å². The summed E-state index contributed by atoms with van der Waals surface area (Å²) in [7, 11) is 0. The number of ether oxygens (including phenoxy) is 2. The van der Waals surface area contributed by atoms with Gasteiger partial charge in [0.1, 0.15) is 13.2 Å². The lowest BCUT2D eigenvalue weighted by atomic mass is 10.4. The van der Waals surface area contributed by atoms with Crippen molar-refractivity contribution in [1.29, 1.82) is 0 Å². The van der Waals surface area contributed by atoms with E-state index in [0.29, 0.717) is 6.42 Å². The van der Waals surface area contributed by atoms with Crippen LogP contribution in [0, 0.1) is 0 Å². The van der Waals surface area contributed by atoms with Crippen LogP contribution in [0.1, 0.15) is 26.7 Å². The van der Waals surface area contributed by atoms with Crippen LogP contribution < -0.4 is 0 Å². The monoisotopic (exact) mass is 200 g/mol. The SMILES string of the molecule is CCC=CC(=O)OCCOC(=O)CC. The molecule has 0 amide bonds. The summed E-state index contributed by atoms with van der Waals surface area (Å²) in [5, 5.41) is 0. The summed E-state index contributed by atoms with van der Waals surface area (Å²) >= 11 is 0. The Morgan fingerprint density at radius 2 is 1.79 bits per heavy atom. The first-order chi connectivity index (χ1) is 6.70. The summed E-state index contributed by atoms with van der Waals surface area (Å²) in [5.74, 6) is -0.690. The first kappa shape index (κ1) is 12.7. The van der Waals surface area contributed by atoms with Crippen LogP contribution in [0.3, 0.4) is 0 Å². The average molecular weight is 200 g/mol. The molecule has 0 aliphatic rings. The maximum absolute atomic E-state index is 10.9. The van der Waals surface area contributed by atoms with Gasteiger partial charge in [0.2, 0.25) is 0 Å². The Balaban J connectivity index is 3.40. The van der Waals surface area contributed by atoms with Crippen molar-refractivity contribution in [1.82, 2.24) is 0 Å².